The SMILES string of the molecule is CN1CCN(CCN2CC(n3cc(C(=O)O)nn3)C2)CC1. The third kappa shape index (κ3) is 3.39. The predicted octanol–water partition coefficient (Wildman–Crippen LogP) is -0.920. The molecule has 21 heavy (non-hydrogen) atoms. The molecule has 0 unspecified atom stereocenters. The van der Waals surface area contributed by atoms with E-state index in [1.807, 2.05) is 0 Å². The van der Waals surface area contributed by atoms with Crippen molar-refractivity contribution in [3.63, 3.8) is 0 Å². The first-order valence-corrected chi connectivity index (χ1v) is 7.40. The minimum atomic E-state index is -1.02. The zero-order chi connectivity index (χ0) is 14.8. The van der Waals surface area contributed by atoms with Crippen molar-refractivity contribution < 1.29 is 9.90 Å². The van der Waals surface area contributed by atoms with Crippen LogP contribution >= 0.6 is 0 Å². The summed E-state index contributed by atoms with van der Waals surface area (Å²) in [5, 5.41) is 16.4. The van der Waals surface area contributed by atoms with Crippen LogP contribution in [0.4, 0.5) is 0 Å². The Bertz CT molecular complexity index is 491. The maximum absolute atomic E-state index is 10.8. The fraction of sp³-hybridized carbons (Fsp3) is 0.769. The molecule has 116 valence electrons. The lowest BCUT2D eigenvalue weighted by atomic mass is 10.1. The molecule has 2 saturated heterocycles. The molecule has 1 N–H and O–H groups in total. The van der Waals surface area contributed by atoms with Crippen LogP contribution in [-0.4, -0.2) is 100 Å². The van der Waals surface area contributed by atoms with Crippen LogP contribution < -0.4 is 0 Å². The number of likely N-dealkylation sites (tertiary alicyclic amines) is 1. The minimum Gasteiger partial charge on any atom is -0.476 e. The molecular weight excluding hydrogens is 272 g/mol. The Morgan fingerprint density at radius 1 is 1.24 bits per heavy atom. The van der Waals surface area contributed by atoms with Gasteiger partial charge >= 0.3 is 5.97 Å². The molecule has 1 aromatic heterocycles. The molecule has 8 nitrogen and oxygen atoms in total. The lowest BCUT2D eigenvalue weighted by molar-refractivity contribution is 0.0687. The molecule has 2 fully saturated rings. The number of rotatable bonds is 5. The number of carboxylic acids is 1. The van der Waals surface area contributed by atoms with Crippen molar-refractivity contribution in [2.75, 3.05) is 59.4 Å². The normalized spacial score (nSPS) is 22.3. The third-order valence-corrected chi connectivity index (χ3v) is 4.37. The van der Waals surface area contributed by atoms with E-state index in [2.05, 4.69) is 32.1 Å². The van der Waals surface area contributed by atoms with Gasteiger partial charge in [-0.05, 0) is 7.05 Å². The topological polar surface area (TPSA) is 77.7 Å². The fourth-order valence-electron chi connectivity index (χ4n) is 2.80. The highest BCUT2D eigenvalue weighted by Crippen LogP contribution is 2.19. The smallest absolute Gasteiger partial charge is 0.358 e. The van der Waals surface area contributed by atoms with Crippen LogP contribution in [-0.2, 0) is 0 Å². The summed E-state index contributed by atoms with van der Waals surface area (Å²) >= 11 is 0. The number of aromatic carboxylic acids is 1. The highest BCUT2D eigenvalue weighted by Gasteiger charge is 2.29. The van der Waals surface area contributed by atoms with E-state index in [4.69, 9.17) is 5.11 Å². The standard InChI is InChI=1S/C13H22N6O2/c1-16-2-4-17(5-3-16)6-7-18-8-11(9-18)19-10-12(13(20)21)14-15-19/h10-11H,2-9H2,1H3,(H,20,21). The summed E-state index contributed by atoms with van der Waals surface area (Å²) in [7, 11) is 2.17. The molecule has 0 aliphatic carbocycles. The first-order valence-electron chi connectivity index (χ1n) is 7.40. The Morgan fingerprint density at radius 2 is 1.90 bits per heavy atom. The Morgan fingerprint density at radius 3 is 2.52 bits per heavy atom. The van der Waals surface area contributed by atoms with Gasteiger partial charge in [0.05, 0.1) is 12.2 Å². The van der Waals surface area contributed by atoms with Gasteiger partial charge < -0.3 is 10.0 Å². The monoisotopic (exact) mass is 294 g/mol. The van der Waals surface area contributed by atoms with Crippen LogP contribution in [0.2, 0.25) is 0 Å². The highest BCUT2D eigenvalue weighted by molar-refractivity contribution is 5.84. The van der Waals surface area contributed by atoms with E-state index >= 15 is 0 Å². The highest BCUT2D eigenvalue weighted by atomic mass is 16.4. The molecule has 2 aliphatic rings. The van der Waals surface area contributed by atoms with Gasteiger partial charge in [-0.25, -0.2) is 9.48 Å². The number of carbonyl (C=O) groups is 1. The van der Waals surface area contributed by atoms with E-state index in [0.717, 1.165) is 52.4 Å². The van der Waals surface area contributed by atoms with Crippen molar-refractivity contribution in [1.82, 2.24) is 29.7 Å². The van der Waals surface area contributed by atoms with Gasteiger partial charge in [-0.1, -0.05) is 5.21 Å². The summed E-state index contributed by atoms with van der Waals surface area (Å²) in [6.45, 7) is 8.64. The molecule has 3 rings (SSSR count). The van der Waals surface area contributed by atoms with Crippen LogP contribution in [0.1, 0.15) is 16.5 Å². The number of hydrogen-bond acceptors (Lipinski definition) is 6. The quantitative estimate of drug-likeness (QED) is 0.752. The van der Waals surface area contributed by atoms with Gasteiger partial charge in [0.25, 0.3) is 0 Å². The van der Waals surface area contributed by atoms with Gasteiger partial charge in [0, 0.05) is 52.4 Å². The Labute approximate surface area is 123 Å². The van der Waals surface area contributed by atoms with Crippen molar-refractivity contribution in [1.29, 1.82) is 0 Å². The maximum Gasteiger partial charge on any atom is 0.358 e. The molecule has 0 radical (unpaired) electrons. The second-order valence-electron chi connectivity index (χ2n) is 5.95. The lowest BCUT2D eigenvalue weighted by Crippen LogP contribution is -2.52. The van der Waals surface area contributed by atoms with E-state index in [-0.39, 0.29) is 11.7 Å². The Kier molecular flexibility index (Phi) is 4.18. The van der Waals surface area contributed by atoms with Crippen molar-refractivity contribution in [3.05, 3.63) is 11.9 Å². The van der Waals surface area contributed by atoms with E-state index in [9.17, 15) is 4.79 Å². The largest absolute Gasteiger partial charge is 0.476 e. The van der Waals surface area contributed by atoms with Crippen LogP contribution in [0.3, 0.4) is 0 Å². The van der Waals surface area contributed by atoms with Gasteiger partial charge in [0.1, 0.15) is 0 Å². The summed E-state index contributed by atoms with van der Waals surface area (Å²) in [5.41, 5.74) is 0.0193. The van der Waals surface area contributed by atoms with Gasteiger partial charge in [0.15, 0.2) is 5.69 Å². The number of hydrogen-bond donors (Lipinski definition) is 1. The van der Waals surface area contributed by atoms with Crippen molar-refractivity contribution >= 4 is 5.97 Å². The predicted molar refractivity (Wildman–Crippen MR) is 76.4 cm³/mol. The van der Waals surface area contributed by atoms with Crippen molar-refractivity contribution in [2.45, 2.75) is 6.04 Å². The molecule has 3 heterocycles. The van der Waals surface area contributed by atoms with Crippen LogP contribution in [0.15, 0.2) is 6.20 Å². The summed E-state index contributed by atoms with van der Waals surface area (Å²) in [4.78, 5) is 18.0. The van der Waals surface area contributed by atoms with E-state index in [1.54, 1.807) is 4.68 Å². The van der Waals surface area contributed by atoms with E-state index < -0.39 is 5.97 Å². The molecule has 0 amide bonds. The van der Waals surface area contributed by atoms with Gasteiger partial charge in [0.2, 0.25) is 0 Å². The number of aromatic nitrogens is 3. The molecule has 0 spiro atoms. The van der Waals surface area contributed by atoms with Crippen molar-refractivity contribution in [2.24, 2.45) is 0 Å². The minimum absolute atomic E-state index is 0.0193. The van der Waals surface area contributed by atoms with Gasteiger partial charge in [-0.3, -0.25) is 9.80 Å². The summed E-state index contributed by atoms with van der Waals surface area (Å²) < 4.78 is 1.68. The first-order chi connectivity index (χ1) is 10.1. The summed E-state index contributed by atoms with van der Waals surface area (Å²) in [6, 6.07) is 0.262. The lowest BCUT2D eigenvalue weighted by Gasteiger charge is -2.40. The maximum atomic E-state index is 10.8. The molecule has 2 aliphatic heterocycles. The molecule has 1 aromatic rings. The summed E-state index contributed by atoms with van der Waals surface area (Å²) in [6.07, 6.45) is 1.52. The van der Waals surface area contributed by atoms with E-state index in [1.165, 1.54) is 6.20 Å². The van der Waals surface area contributed by atoms with Crippen LogP contribution in [0.25, 0.3) is 0 Å². The average Bonchev–Trinajstić information content (AvgIpc) is 2.88. The fourth-order valence-corrected chi connectivity index (χ4v) is 2.80. The molecule has 0 aromatic carbocycles. The second-order valence-corrected chi connectivity index (χ2v) is 5.95. The number of piperazine rings is 1. The molecule has 0 bridgehead atoms. The summed E-state index contributed by atoms with van der Waals surface area (Å²) in [5.74, 6) is -1.02. The third-order valence-electron chi connectivity index (χ3n) is 4.37. The Hall–Kier alpha value is -1.51. The molecule has 8 heteroatoms. The second kappa shape index (κ2) is 6.08. The molecular formula is C13H22N6O2. The Balaban J connectivity index is 1.38. The van der Waals surface area contributed by atoms with Crippen LogP contribution in [0.5, 0.6) is 0 Å². The van der Waals surface area contributed by atoms with Gasteiger partial charge in [-0.15, -0.1) is 5.10 Å². The zero-order valence-corrected chi connectivity index (χ0v) is 12.4. The number of carboxylic acid groups (broad SMARTS) is 1. The van der Waals surface area contributed by atoms with Crippen LogP contribution in [0, 0.1) is 0 Å². The van der Waals surface area contributed by atoms with Gasteiger partial charge in [-0.2, -0.15) is 0 Å². The average molecular weight is 294 g/mol. The van der Waals surface area contributed by atoms with E-state index in [0.29, 0.717) is 0 Å². The first kappa shape index (κ1) is 14.4. The molecule has 0 atom stereocenters. The number of likely N-dealkylation sites (N-methyl/N-ethyl adjacent to an activating group) is 1. The number of nitrogens with zero attached hydrogens (tertiary/aromatic N) is 6. The molecule has 0 saturated carbocycles. The zero-order valence-electron chi connectivity index (χ0n) is 12.4. The van der Waals surface area contributed by atoms with Crippen molar-refractivity contribution in [3.8, 4) is 0 Å².